The summed E-state index contributed by atoms with van der Waals surface area (Å²) in [5.74, 6) is -1.19. The second kappa shape index (κ2) is 5.98. The number of nitrogens with two attached hydrogens (primary N) is 1. The number of hydrogen-bond donors (Lipinski definition) is 3. The summed E-state index contributed by atoms with van der Waals surface area (Å²) in [7, 11) is -2.58. The average molecular weight is 289 g/mol. The number of carbonyl (C=O) groups is 1. The molecule has 0 radical (unpaired) electrons. The van der Waals surface area contributed by atoms with Crippen molar-refractivity contribution < 1.29 is 17.6 Å². The number of hydrogen-bond acceptors (Lipinski definition) is 4. The summed E-state index contributed by atoms with van der Waals surface area (Å²) in [5.41, 5.74) is 6.21. The van der Waals surface area contributed by atoms with E-state index in [0.29, 0.717) is 5.56 Å². The van der Waals surface area contributed by atoms with Crippen LogP contribution in [0.1, 0.15) is 12.0 Å². The molecule has 0 aromatic heterocycles. The Bertz CT molecular complexity index is 587. The average Bonchev–Trinajstić information content (AvgIpc) is 2.33. The van der Waals surface area contributed by atoms with E-state index in [9.17, 15) is 17.6 Å². The van der Waals surface area contributed by atoms with E-state index in [1.165, 1.54) is 7.05 Å². The minimum Gasteiger partial charge on any atom is -0.398 e. The van der Waals surface area contributed by atoms with Gasteiger partial charge < -0.3 is 11.1 Å². The van der Waals surface area contributed by atoms with Gasteiger partial charge in [0.15, 0.2) is 0 Å². The largest absolute Gasteiger partial charge is 0.398 e. The van der Waals surface area contributed by atoms with Crippen molar-refractivity contribution in [2.24, 2.45) is 0 Å². The van der Waals surface area contributed by atoms with Gasteiger partial charge in [-0.2, -0.15) is 0 Å². The molecule has 106 valence electrons. The van der Waals surface area contributed by atoms with E-state index in [1.807, 2.05) is 0 Å². The third-order valence-electron chi connectivity index (χ3n) is 2.53. The molecule has 0 aliphatic heterocycles. The number of aryl methyl sites for hydroxylation is 1. The molecule has 0 aliphatic rings. The van der Waals surface area contributed by atoms with Gasteiger partial charge in [-0.3, -0.25) is 4.79 Å². The van der Waals surface area contributed by atoms with Gasteiger partial charge in [0.1, 0.15) is 10.7 Å². The molecule has 0 spiro atoms. The van der Waals surface area contributed by atoms with E-state index in [0.717, 1.165) is 12.1 Å². The van der Waals surface area contributed by atoms with Crippen molar-refractivity contribution in [1.29, 1.82) is 0 Å². The summed E-state index contributed by atoms with van der Waals surface area (Å²) in [6.07, 6.45) is -0.0291. The van der Waals surface area contributed by atoms with Gasteiger partial charge in [0.25, 0.3) is 0 Å². The van der Waals surface area contributed by atoms with Crippen LogP contribution in [0.2, 0.25) is 0 Å². The molecule has 1 rings (SSSR count). The molecule has 1 amide bonds. The maximum Gasteiger partial charge on any atom is 0.243 e. The van der Waals surface area contributed by atoms with Gasteiger partial charge in [-0.05, 0) is 24.6 Å². The Labute approximate surface area is 111 Å². The van der Waals surface area contributed by atoms with E-state index < -0.39 is 20.7 Å². The van der Waals surface area contributed by atoms with E-state index in [2.05, 4.69) is 10.0 Å². The molecule has 1 aromatic rings. The fourth-order valence-corrected chi connectivity index (χ4v) is 2.50. The van der Waals surface area contributed by atoms with Gasteiger partial charge in [0.2, 0.25) is 15.9 Å². The highest BCUT2D eigenvalue weighted by Gasteiger charge is 2.20. The molecule has 8 heteroatoms. The lowest BCUT2D eigenvalue weighted by Crippen LogP contribution is -2.29. The van der Waals surface area contributed by atoms with Crippen LogP contribution >= 0.6 is 0 Å². The standard InChI is InChI=1S/C11H16FN3O3S/c1-7-5-8(12)10(6-9(7)13)19(17,18)15-4-3-11(16)14-2/h5-6,15H,3-4,13H2,1-2H3,(H,14,16). The third-order valence-corrected chi connectivity index (χ3v) is 4.01. The Balaban J connectivity index is 2.89. The smallest absolute Gasteiger partial charge is 0.243 e. The lowest BCUT2D eigenvalue weighted by Gasteiger charge is -2.09. The maximum absolute atomic E-state index is 13.6. The van der Waals surface area contributed by atoms with E-state index >= 15 is 0 Å². The third kappa shape index (κ3) is 3.90. The van der Waals surface area contributed by atoms with E-state index in [4.69, 9.17) is 5.73 Å². The first-order valence-electron chi connectivity index (χ1n) is 5.54. The number of nitrogens with one attached hydrogen (secondary N) is 2. The Morgan fingerprint density at radius 3 is 2.63 bits per heavy atom. The zero-order chi connectivity index (χ0) is 14.6. The maximum atomic E-state index is 13.6. The molecular formula is C11H16FN3O3S. The van der Waals surface area contributed by atoms with Crippen LogP contribution in [0, 0.1) is 12.7 Å². The fraction of sp³-hybridized carbons (Fsp3) is 0.364. The van der Waals surface area contributed by atoms with Crippen molar-refractivity contribution in [3.05, 3.63) is 23.5 Å². The van der Waals surface area contributed by atoms with Crippen LogP contribution in [-0.4, -0.2) is 27.9 Å². The minimum atomic E-state index is -4.02. The van der Waals surface area contributed by atoms with Crippen LogP contribution in [0.25, 0.3) is 0 Å². The highest BCUT2D eigenvalue weighted by Crippen LogP contribution is 2.21. The van der Waals surface area contributed by atoms with E-state index in [-0.39, 0.29) is 24.6 Å². The molecule has 0 fully saturated rings. The molecule has 19 heavy (non-hydrogen) atoms. The summed E-state index contributed by atoms with van der Waals surface area (Å²) >= 11 is 0. The van der Waals surface area contributed by atoms with Gasteiger partial charge in [0.05, 0.1) is 0 Å². The van der Waals surface area contributed by atoms with Crippen molar-refractivity contribution in [1.82, 2.24) is 10.0 Å². The molecule has 6 nitrogen and oxygen atoms in total. The summed E-state index contributed by atoms with van der Waals surface area (Å²) in [4.78, 5) is 10.4. The number of amides is 1. The van der Waals surface area contributed by atoms with Crippen LogP contribution in [0.4, 0.5) is 10.1 Å². The molecule has 0 atom stereocenters. The van der Waals surface area contributed by atoms with Gasteiger partial charge >= 0.3 is 0 Å². The lowest BCUT2D eigenvalue weighted by atomic mass is 10.2. The molecule has 0 aliphatic carbocycles. The minimum absolute atomic E-state index is 0.0291. The van der Waals surface area contributed by atoms with Gasteiger partial charge in [-0.25, -0.2) is 17.5 Å². The Morgan fingerprint density at radius 1 is 1.42 bits per heavy atom. The Morgan fingerprint density at radius 2 is 2.05 bits per heavy atom. The number of benzene rings is 1. The number of halogens is 1. The van der Waals surface area contributed by atoms with Crippen molar-refractivity contribution in [2.45, 2.75) is 18.2 Å². The second-order valence-electron chi connectivity index (χ2n) is 3.96. The zero-order valence-electron chi connectivity index (χ0n) is 10.7. The zero-order valence-corrected chi connectivity index (χ0v) is 11.5. The van der Waals surface area contributed by atoms with Crippen molar-refractivity contribution in [2.75, 3.05) is 19.3 Å². The van der Waals surface area contributed by atoms with Crippen LogP contribution < -0.4 is 15.8 Å². The molecule has 0 heterocycles. The van der Waals surface area contributed by atoms with Gasteiger partial charge in [-0.15, -0.1) is 0 Å². The molecule has 0 saturated heterocycles. The second-order valence-corrected chi connectivity index (χ2v) is 5.70. The van der Waals surface area contributed by atoms with Crippen LogP contribution in [0.3, 0.4) is 0 Å². The number of sulfonamides is 1. The monoisotopic (exact) mass is 289 g/mol. The first kappa shape index (κ1) is 15.4. The summed E-state index contributed by atoms with van der Waals surface area (Å²) in [5, 5.41) is 2.35. The molecule has 0 bridgehead atoms. The number of nitrogen functional groups attached to an aromatic ring is 1. The normalized spacial score (nSPS) is 11.3. The Kier molecular flexibility index (Phi) is 4.84. The Hall–Kier alpha value is -1.67. The molecular weight excluding hydrogens is 273 g/mol. The predicted octanol–water partition coefficient (Wildman–Crippen LogP) is 0.131. The highest BCUT2D eigenvalue weighted by atomic mass is 32.2. The van der Waals surface area contributed by atoms with Crippen LogP contribution in [0.5, 0.6) is 0 Å². The summed E-state index contributed by atoms with van der Waals surface area (Å²) < 4.78 is 39.5. The first-order chi connectivity index (χ1) is 8.77. The molecule has 4 N–H and O–H groups in total. The van der Waals surface area contributed by atoms with Crippen LogP contribution in [0.15, 0.2) is 17.0 Å². The summed E-state index contributed by atoms with van der Waals surface area (Å²) in [6.45, 7) is 1.46. The topological polar surface area (TPSA) is 101 Å². The number of rotatable bonds is 5. The molecule has 1 aromatic carbocycles. The van der Waals surface area contributed by atoms with Crippen molar-refractivity contribution in [3.8, 4) is 0 Å². The molecule has 0 saturated carbocycles. The number of carbonyl (C=O) groups excluding carboxylic acids is 1. The fourth-order valence-electron chi connectivity index (χ4n) is 1.38. The van der Waals surface area contributed by atoms with Gasteiger partial charge in [-0.1, -0.05) is 0 Å². The highest BCUT2D eigenvalue weighted by molar-refractivity contribution is 7.89. The quantitative estimate of drug-likeness (QED) is 0.671. The van der Waals surface area contributed by atoms with Gasteiger partial charge in [0, 0.05) is 25.7 Å². The van der Waals surface area contributed by atoms with E-state index in [1.54, 1.807) is 6.92 Å². The number of anilines is 1. The SMILES string of the molecule is CNC(=O)CCNS(=O)(=O)c1cc(N)c(C)cc1F. The van der Waals surface area contributed by atoms with Crippen LogP contribution in [-0.2, 0) is 14.8 Å². The van der Waals surface area contributed by atoms with Crippen molar-refractivity contribution in [3.63, 3.8) is 0 Å². The van der Waals surface area contributed by atoms with Crippen molar-refractivity contribution >= 4 is 21.6 Å². The first-order valence-corrected chi connectivity index (χ1v) is 7.02. The summed E-state index contributed by atoms with van der Waals surface area (Å²) in [6, 6.07) is 2.12. The predicted molar refractivity (Wildman–Crippen MR) is 69.4 cm³/mol. The molecule has 0 unspecified atom stereocenters. The lowest BCUT2D eigenvalue weighted by molar-refractivity contribution is -0.120.